The molecular weight excluding hydrogens is 206 g/mol. The molecule has 0 bridgehead atoms. The molecule has 6 nitrogen and oxygen atoms in total. The van der Waals surface area contributed by atoms with Crippen molar-refractivity contribution in [3.8, 4) is 0 Å². The quantitative estimate of drug-likeness (QED) is 0.766. The van der Waals surface area contributed by atoms with Gasteiger partial charge in [0, 0.05) is 13.1 Å². The van der Waals surface area contributed by atoms with E-state index in [1.54, 1.807) is 6.33 Å². The van der Waals surface area contributed by atoms with Gasteiger partial charge in [-0.25, -0.2) is 9.67 Å². The van der Waals surface area contributed by atoms with Crippen LogP contribution in [0.15, 0.2) is 11.1 Å². The summed E-state index contributed by atoms with van der Waals surface area (Å²) in [5.41, 5.74) is 0.897. The normalized spacial score (nSPS) is 11.1. The Labute approximate surface area is 92.9 Å². The average Bonchev–Trinajstić information content (AvgIpc) is 2.67. The van der Waals surface area contributed by atoms with E-state index in [0.717, 1.165) is 19.4 Å². The van der Waals surface area contributed by atoms with Crippen LogP contribution in [0.5, 0.6) is 0 Å². The van der Waals surface area contributed by atoms with Crippen molar-refractivity contribution in [2.75, 3.05) is 0 Å². The standard InChI is InChI=1S/C10H15N5O/c1-3-5-14-7-11-9-8(14)10(16)15(6-4-2)13-12-9/h7H,3-6H2,1-2H3. The van der Waals surface area contributed by atoms with Crippen LogP contribution in [0.3, 0.4) is 0 Å². The van der Waals surface area contributed by atoms with E-state index in [1.165, 1.54) is 4.68 Å². The first-order chi connectivity index (χ1) is 7.77. The van der Waals surface area contributed by atoms with Crippen LogP contribution in [0.1, 0.15) is 26.7 Å². The second-order valence-corrected chi connectivity index (χ2v) is 3.73. The summed E-state index contributed by atoms with van der Waals surface area (Å²) in [7, 11) is 0. The number of imidazole rings is 1. The van der Waals surface area contributed by atoms with Gasteiger partial charge in [-0.2, -0.15) is 0 Å². The number of hydrogen-bond donors (Lipinski definition) is 0. The molecule has 0 aliphatic heterocycles. The van der Waals surface area contributed by atoms with E-state index in [4.69, 9.17) is 0 Å². The van der Waals surface area contributed by atoms with Crippen molar-refractivity contribution in [3.05, 3.63) is 16.7 Å². The van der Waals surface area contributed by atoms with Crippen molar-refractivity contribution >= 4 is 11.2 Å². The molecule has 0 unspecified atom stereocenters. The minimum atomic E-state index is -0.0993. The van der Waals surface area contributed by atoms with Gasteiger partial charge in [-0.1, -0.05) is 19.1 Å². The topological polar surface area (TPSA) is 65.6 Å². The Balaban J connectivity index is 2.60. The van der Waals surface area contributed by atoms with Gasteiger partial charge in [0.15, 0.2) is 5.52 Å². The van der Waals surface area contributed by atoms with Crippen molar-refractivity contribution in [1.29, 1.82) is 0 Å². The van der Waals surface area contributed by atoms with Crippen molar-refractivity contribution in [2.45, 2.75) is 39.8 Å². The highest BCUT2D eigenvalue weighted by atomic mass is 16.1. The van der Waals surface area contributed by atoms with Gasteiger partial charge in [-0.15, -0.1) is 5.10 Å². The molecule has 6 heteroatoms. The van der Waals surface area contributed by atoms with Crippen LogP contribution < -0.4 is 5.56 Å². The predicted molar refractivity (Wildman–Crippen MR) is 60.2 cm³/mol. The molecule has 2 rings (SSSR count). The summed E-state index contributed by atoms with van der Waals surface area (Å²) >= 11 is 0. The zero-order valence-electron chi connectivity index (χ0n) is 9.55. The van der Waals surface area contributed by atoms with Gasteiger partial charge in [0.1, 0.15) is 0 Å². The highest BCUT2D eigenvalue weighted by molar-refractivity contribution is 5.68. The maximum absolute atomic E-state index is 12.1. The molecule has 0 aromatic carbocycles. The maximum atomic E-state index is 12.1. The monoisotopic (exact) mass is 221 g/mol. The molecule has 86 valence electrons. The van der Waals surface area contributed by atoms with Gasteiger partial charge < -0.3 is 4.57 Å². The molecule has 0 amide bonds. The molecule has 2 aromatic heterocycles. The van der Waals surface area contributed by atoms with E-state index >= 15 is 0 Å². The first-order valence-electron chi connectivity index (χ1n) is 5.56. The summed E-state index contributed by atoms with van der Waals surface area (Å²) in [5.74, 6) is 0. The zero-order chi connectivity index (χ0) is 11.5. The molecule has 16 heavy (non-hydrogen) atoms. The number of hydrogen-bond acceptors (Lipinski definition) is 4. The Morgan fingerprint density at radius 3 is 2.69 bits per heavy atom. The van der Waals surface area contributed by atoms with E-state index in [1.807, 2.05) is 11.5 Å². The molecule has 0 saturated carbocycles. The van der Waals surface area contributed by atoms with Crippen LogP contribution in [0, 0.1) is 0 Å². The minimum Gasteiger partial charge on any atom is -0.325 e. The fourth-order valence-corrected chi connectivity index (χ4v) is 1.69. The van der Waals surface area contributed by atoms with Crippen LogP contribution >= 0.6 is 0 Å². The maximum Gasteiger partial charge on any atom is 0.295 e. The third-order valence-electron chi connectivity index (χ3n) is 2.40. The third-order valence-corrected chi connectivity index (χ3v) is 2.40. The first kappa shape index (κ1) is 10.8. The molecule has 0 spiro atoms. The summed E-state index contributed by atoms with van der Waals surface area (Å²) in [6.45, 7) is 5.44. The van der Waals surface area contributed by atoms with E-state index in [-0.39, 0.29) is 5.56 Å². The van der Waals surface area contributed by atoms with Crippen LogP contribution in [0.2, 0.25) is 0 Å². The van der Waals surface area contributed by atoms with Gasteiger partial charge in [0.2, 0.25) is 5.65 Å². The molecular formula is C10H15N5O. The molecule has 0 saturated heterocycles. The molecule has 2 aromatic rings. The van der Waals surface area contributed by atoms with E-state index in [9.17, 15) is 4.79 Å². The Bertz CT molecular complexity index is 542. The molecule has 0 N–H and O–H groups in total. The van der Waals surface area contributed by atoms with Crippen LogP contribution in [0.4, 0.5) is 0 Å². The fourth-order valence-electron chi connectivity index (χ4n) is 1.69. The first-order valence-corrected chi connectivity index (χ1v) is 5.56. The van der Waals surface area contributed by atoms with E-state index < -0.39 is 0 Å². The second-order valence-electron chi connectivity index (χ2n) is 3.73. The number of nitrogens with zero attached hydrogens (tertiary/aromatic N) is 5. The van der Waals surface area contributed by atoms with Gasteiger partial charge in [-0.05, 0) is 12.8 Å². The van der Waals surface area contributed by atoms with Crippen molar-refractivity contribution < 1.29 is 0 Å². The molecule has 0 atom stereocenters. The lowest BCUT2D eigenvalue weighted by Gasteiger charge is -2.03. The van der Waals surface area contributed by atoms with Crippen molar-refractivity contribution in [2.24, 2.45) is 0 Å². The number of rotatable bonds is 4. The van der Waals surface area contributed by atoms with Gasteiger partial charge >= 0.3 is 0 Å². The van der Waals surface area contributed by atoms with E-state index in [2.05, 4.69) is 22.2 Å². The van der Waals surface area contributed by atoms with Crippen molar-refractivity contribution in [1.82, 2.24) is 24.5 Å². The van der Waals surface area contributed by atoms with Gasteiger partial charge in [0.05, 0.1) is 6.33 Å². The lowest BCUT2D eigenvalue weighted by Crippen LogP contribution is -2.25. The minimum absolute atomic E-state index is 0.0993. The van der Waals surface area contributed by atoms with Crippen LogP contribution in [0.25, 0.3) is 11.2 Å². The largest absolute Gasteiger partial charge is 0.325 e. The summed E-state index contributed by atoms with van der Waals surface area (Å²) in [4.78, 5) is 16.2. The average molecular weight is 221 g/mol. The summed E-state index contributed by atoms with van der Waals surface area (Å²) in [5, 5.41) is 7.79. The summed E-state index contributed by atoms with van der Waals surface area (Å²) in [6, 6.07) is 0. The molecule has 0 radical (unpaired) electrons. The lowest BCUT2D eigenvalue weighted by molar-refractivity contribution is 0.537. The Morgan fingerprint density at radius 1 is 1.25 bits per heavy atom. The Hall–Kier alpha value is -1.72. The SMILES string of the molecule is CCCn1nnc2ncn(CCC)c2c1=O. The van der Waals surface area contributed by atoms with Gasteiger partial charge in [-0.3, -0.25) is 4.79 Å². The molecule has 2 heterocycles. The fraction of sp³-hybridized carbons (Fsp3) is 0.600. The highest BCUT2D eigenvalue weighted by Crippen LogP contribution is 2.04. The molecule has 0 aliphatic rings. The van der Waals surface area contributed by atoms with Crippen molar-refractivity contribution in [3.63, 3.8) is 0 Å². The predicted octanol–water partition coefficient (Wildman–Crippen LogP) is 0.808. The molecule has 0 aliphatic carbocycles. The Kier molecular flexibility index (Phi) is 2.98. The number of fused-ring (bicyclic) bond motifs is 1. The smallest absolute Gasteiger partial charge is 0.295 e. The summed E-state index contributed by atoms with van der Waals surface area (Å²) < 4.78 is 3.24. The lowest BCUT2D eigenvalue weighted by atomic mass is 10.4. The second kappa shape index (κ2) is 4.42. The number of aromatic nitrogens is 5. The Morgan fingerprint density at radius 2 is 2.00 bits per heavy atom. The summed E-state index contributed by atoms with van der Waals surface area (Å²) in [6.07, 6.45) is 3.48. The number of aryl methyl sites for hydroxylation is 2. The van der Waals surface area contributed by atoms with E-state index in [0.29, 0.717) is 17.7 Å². The third kappa shape index (κ3) is 1.70. The molecule has 0 fully saturated rings. The zero-order valence-corrected chi connectivity index (χ0v) is 9.55. The van der Waals surface area contributed by atoms with Crippen LogP contribution in [-0.4, -0.2) is 24.5 Å². The van der Waals surface area contributed by atoms with Gasteiger partial charge in [0.25, 0.3) is 5.56 Å². The van der Waals surface area contributed by atoms with Crippen LogP contribution in [-0.2, 0) is 13.1 Å². The highest BCUT2D eigenvalue weighted by Gasteiger charge is 2.10.